The van der Waals surface area contributed by atoms with E-state index >= 15 is 0 Å². The van der Waals surface area contributed by atoms with E-state index in [0.29, 0.717) is 31.2 Å². The highest BCUT2D eigenvalue weighted by atomic mass is 32.2. The summed E-state index contributed by atoms with van der Waals surface area (Å²) >= 11 is 1.54. The molecule has 0 aliphatic carbocycles. The highest BCUT2D eigenvalue weighted by Crippen LogP contribution is 2.12. The number of ether oxygens (including phenoxy) is 2. The van der Waals surface area contributed by atoms with E-state index in [0.717, 1.165) is 48.5 Å². The molecule has 1 aromatic rings. The lowest BCUT2D eigenvalue weighted by atomic mass is 10.1. The summed E-state index contributed by atoms with van der Waals surface area (Å²) in [6, 6.07) is 8.17. The maximum atomic E-state index is 11.4. The van der Waals surface area contributed by atoms with Crippen LogP contribution in [0, 0.1) is 0 Å². The molecule has 0 radical (unpaired) electrons. The molecule has 1 aliphatic rings. The molecule has 142 valence electrons. The van der Waals surface area contributed by atoms with Gasteiger partial charge in [-0.1, -0.05) is 36.0 Å². The van der Waals surface area contributed by atoms with Gasteiger partial charge in [0.25, 0.3) is 0 Å². The van der Waals surface area contributed by atoms with Crippen molar-refractivity contribution < 1.29 is 14.3 Å². The summed E-state index contributed by atoms with van der Waals surface area (Å²) in [7, 11) is 0. The zero-order valence-corrected chi connectivity index (χ0v) is 16.1. The van der Waals surface area contributed by atoms with Gasteiger partial charge in [0.15, 0.2) is 5.17 Å². The minimum absolute atomic E-state index is 0.150. The average molecular weight is 378 g/mol. The SMILES string of the molecule is CCOC(=O)CCc1cccc(COCCCCC2=NN=C(N)SC2)c1. The summed E-state index contributed by atoms with van der Waals surface area (Å²) in [6.45, 7) is 3.56. The van der Waals surface area contributed by atoms with E-state index in [1.54, 1.807) is 0 Å². The second-order valence-electron chi connectivity index (χ2n) is 6.03. The van der Waals surface area contributed by atoms with Crippen LogP contribution in [0.5, 0.6) is 0 Å². The van der Waals surface area contributed by atoms with Crippen LogP contribution in [0.2, 0.25) is 0 Å². The monoisotopic (exact) mass is 377 g/mol. The summed E-state index contributed by atoms with van der Waals surface area (Å²) in [5.74, 6) is 0.693. The highest BCUT2D eigenvalue weighted by Gasteiger charge is 2.07. The van der Waals surface area contributed by atoms with Gasteiger partial charge in [0.1, 0.15) is 0 Å². The molecule has 0 aromatic heterocycles. The molecule has 0 saturated heterocycles. The number of amidine groups is 1. The quantitative estimate of drug-likeness (QED) is 0.472. The van der Waals surface area contributed by atoms with E-state index in [9.17, 15) is 4.79 Å². The lowest BCUT2D eigenvalue weighted by Crippen LogP contribution is -2.15. The number of nitrogens with zero attached hydrogens (tertiary/aromatic N) is 2. The Morgan fingerprint density at radius 3 is 2.85 bits per heavy atom. The molecule has 0 fully saturated rings. The molecule has 26 heavy (non-hydrogen) atoms. The molecule has 1 aliphatic heterocycles. The van der Waals surface area contributed by atoms with Crippen molar-refractivity contribution in [1.29, 1.82) is 0 Å². The first-order chi connectivity index (χ1) is 12.7. The van der Waals surface area contributed by atoms with Gasteiger partial charge in [-0.15, -0.1) is 5.10 Å². The van der Waals surface area contributed by atoms with Crippen molar-refractivity contribution in [3.8, 4) is 0 Å². The molecule has 0 amide bonds. The maximum absolute atomic E-state index is 11.4. The van der Waals surface area contributed by atoms with E-state index in [-0.39, 0.29) is 5.97 Å². The molecular weight excluding hydrogens is 350 g/mol. The Hall–Kier alpha value is -1.86. The van der Waals surface area contributed by atoms with E-state index in [2.05, 4.69) is 16.3 Å². The predicted molar refractivity (Wildman–Crippen MR) is 106 cm³/mol. The number of esters is 1. The second-order valence-corrected chi connectivity index (χ2v) is 7.02. The van der Waals surface area contributed by atoms with Crippen molar-refractivity contribution in [2.75, 3.05) is 19.0 Å². The Kier molecular flexibility index (Phi) is 9.20. The Bertz CT molecular complexity index is 647. The Labute approximate surface area is 159 Å². The maximum Gasteiger partial charge on any atom is 0.306 e. The number of nitrogens with two attached hydrogens (primary N) is 1. The van der Waals surface area contributed by atoms with Gasteiger partial charge in [0.05, 0.1) is 18.9 Å². The first-order valence-corrected chi connectivity index (χ1v) is 9.98. The number of unbranched alkanes of at least 4 members (excludes halogenated alkanes) is 1. The van der Waals surface area contributed by atoms with E-state index in [4.69, 9.17) is 15.2 Å². The lowest BCUT2D eigenvalue weighted by Gasteiger charge is -2.09. The molecular formula is C19H27N3O3S. The highest BCUT2D eigenvalue weighted by molar-refractivity contribution is 8.14. The molecule has 6 nitrogen and oxygen atoms in total. The van der Waals surface area contributed by atoms with Crippen LogP contribution >= 0.6 is 11.8 Å². The van der Waals surface area contributed by atoms with Crippen molar-refractivity contribution in [3.05, 3.63) is 35.4 Å². The first kappa shape index (κ1) is 20.5. The van der Waals surface area contributed by atoms with Crippen molar-refractivity contribution in [2.24, 2.45) is 15.9 Å². The molecule has 0 spiro atoms. The standard InChI is InChI=1S/C19H27N3O3S/c1-2-25-18(23)10-9-15-6-5-7-16(12-15)13-24-11-4-3-8-17-14-26-19(20)22-21-17/h5-7,12H,2-4,8-11,13-14H2,1H3,(H2,20,22). The molecule has 0 bridgehead atoms. The smallest absolute Gasteiger partial charge is 0.306 e. The topological polar surface area (TPSA) is 86.3 Å². The molecule has 2 N–H and O–H groups in total. The summed E-state index contributed by atoms with van der Waals surface area (Å²) in [5, 5.41) is 8.55. The summed E-state index contributed by atoms with van der Waals surface area (Å²) in [5.41, 5.74) is 8.92. The molecule has 7 heteroatoms. The van der Waals surface area contributed by atoms with Crippen LogP contribution in [-0.2, 0) is 27.3 Å². The number of thioether (sulfide) groups is 1. The van der Waals surface area contributed by atoms with Crippen LogP contribution in [0.25, 0.3) is 0 Å². The average Bonchev–Trinajstić information content (AvgIpc) is 2.65. The number of carbonyl (C=O) groups is 1. The van der Waals surface area contributed by atoms with Crippen molar-refractivity contribution in [3.63, 3.8) is 0 Å². The summed E-state index contributed by atoms with van der Waals surface area (Å²) in [4.78, 5) is 11.4. The minimum Gasteiger partial charge on any atom is -0.466 e. The predicted octanol–water partition coefficient (Wildman–Crippen LogP) is 3.29. The van der Waals surface area contributed by atoms with Crippen LogP contribution in [0.3, 0.4) is 0 Å². The number of aryl methyl sites for hydroxylation is 1. The van der Waals surface area contributed by atoms with E-state index in [1.165, 1.54) is 11.8 Å². The van der Waals surface area contributed by atoms with Crippen molar-refractivity contribution in [1.82, 2.24) is 0 Å². The van der Waals surface area contributed by atoms with E-state index < -0.39 is 0 Å². The van der Waals surface area contributed by atoms with Crippen LogP contribution in [0.1, 0.15) is 43.7 Å². The van der Waals surface area contributed by atoms with Gasteiger partial charge in [0.2, 0.25) is 0 Å². The Morgan fingerprint density at radius 2 is 2.08 bits per heavy atom. The molecule has 0 atom stereocenters. The van der Waals surface area contributed by atoms with E-state index in [1.807, 2.05) is 25.1 Å². The molecule has 0 unspecified atom stereocenters. The minimum atomic E-state index is -0.150. The zero-order valence-electron chi connectivity index (χ0n) is 15.3. The van der Waals surface area contributed by atoms with Crippen LogP contribution in [-0.4, -0.2) is 35.8 Å². The molecule has 2 rings (SSSR count). The zero-order chi connectivity index (χ0) is 18.6. The van der Waals surface area contributed by atoms with Gasteiger partial charge in [-0.25, -0.2) is 0 Å². The Morgan fingerprint density at radius 1 is 1.23 bits per heavy atom. The van der Waals surface area contributed by atoms with Gasteiger partial charge >= 0.3 is 5.97 Å². The Balaban J connectivity index is 1.60. The summed E-state index contributed by atoms with van der Waals surface area (Å²) < 4.78 is 10.7. The molecule has 0 saturated carbocycles. The largest absolute Gasteiger partial charge is 0.466 e. The molecule has 1 heterocycles. The van der Waals surface area contributed by atoms with Gasteiger partial charge in [-0.3, -0.25) is 4.79 Å². The van der Waals surface area contributed by atoms with Crippen LogP contribution < -0.4 is 5.73 Å². The van der Waals surface area contributed by atoms with Gasteiger partial charge in [-0.05, 0) is 43.7 Å². The normalized spacial score (nSPS) is 13.9. The first-order valence-electron chi connectivity index (χ1n) is 9.00. The molecule has 1 aromatic carbocycles. The fraction of sp³-hybridized carbons (Fsp3) is 0.526. The third kappa shape index (κ3) is 8.01. The third-order valence-electron chi connectivity index (χ3n) is 3.86. The van der Waals surface area contributed by atoms with Crippen LogP contribution in [0.15, 0.2) is 34.5 Å². The van der Waals surface area contributed by atoms with Crippen LogP contribution in [0.4, 0.5) is 0 Å². The second kappa shape index (κ2) is 11.7. The number of benzene rings is 1. The van der Waals surface area contributed by atoms with Gasteiger partial charge < -0.3 is 15.2 Å². The third-order valence-corrected chi connectivity index (χ3v) is 4.72. The van der Waals surface area contributed by atoms with Gasteiger partial charge in [-0.2, -0.15) is 5.10 Å². The lowest BCUT2D eigenvalue weighted by molar-refractivity contribution is -0.143. The van der Waals surface area contributed by atoms with Gasteiger partial charge in [0, 0.05) is 18.8 Å². The fourth-order valence-corrected chi connectivity index (χ4v) is 3.15. The van der Waals surface area contributed by atoms with Crippen molar-refractivity contribution >= 4 is 28.6 Å². The summed E-state index contributed by atoms with van der Waals surface area (Å²) in [6.07, 6.45) is 4.08. The number of carbonyl (C=O) groups excluding carboxylic acids is 1. The fourth-order valence-electron chi connectivity index (χ4n) is 2.53. The number of rotatable bonds is 11. The van der Waals surface area contributed by atoms with Crippen molar-refractivity contribution in [2.45, 2.75) is 45.6 Å². The number of hydrogen-bond acceptors (Lipinski definition) is 7. The number of hydrogen-bond donors (Lipinski definition) is 1.